The Morgan fingerprint density at radius 3 is 1.27 bits per heavy atom. The molecule has 0 amide bonds. The Hall–Kier alpha value is -5.18. The van der Waals surface area contributed by atoms with Crippen molar-refractivity contribution >= 4 is 69.1 Å². The van der Waals surface area contributed by atoms with Crippen molar-refractivity contribution in [3.8, 4) is 32.4 Å². The van der Waals surface area contributed by atoms with Crippen LogP contribution in [0.15, 0.2) is 72.8 Å². The van der Waals surface area contributed by atoms with Crippen LogP contribution in [0.1, 0.15) is 80.4 Å². The maximum atomic E-state index is 12.9. The predicted molar refractivity (Wildman–Crippen MR) is 188 cm³/mol. The van der Waals surface area contributed by atoms with Gasteiger partial charge in [0, 0.05) is 54.3 Å². The first-order valence-electron chi connectivity index (χ1n) is 15.6. The Balaban J connectivity index is 1.16. The first-order chi connectivity index (χ1) is 22.9. The van der Waals surface area contributed by atoms with E-state index >= 15 is 0 Å². The smallest absolute Gasteiger partial charge is 0.234 e. The average molecular weight is 667 g/mol. The van der Waals surface area contributed by atoms with Crippen LogP contribution < -0.4 is 9.47 Å². The minimum absolute atomic E-state index is 0.400. The zero-order chi connectivity index (χ0) is 33.3. The molecular weight excluding hydrogens is 641 g/mol. The highest BCUT2D eigenvalue weighted by atomic mass is 32.1. The minimum Gasteiger partial charge on any atom is -0.482 e. The summed E-state index contributed by atoms with van der Waals surface area (Å²) in [4.78, 5) is 54.7. The number of carbonyl (C=O) groups is 4. The second-order valence-electron chi connectivity index (χ2n) is 13.4. The van der Waals surface area contributed by atoms with Crippen LogP contribution in [0.25, 0.3) is 44.2 Å². The van der Waals surface area contributed by atoms with Crippen molar-refractivity contribution in [3.63, 3.8) is 0 Å². The van der Waals surface area contributed by atoms with Gasteiger partial charge in [0.1, 0.15) is 22.7 Å². The molecule has 0 spiro atoms. The van der Waals surface area contributed by atoms with E-state index in [0.717, 1.165) is 53.3 Å². The number of ether oxygens (including phenoxy) is 2. The van der Waals surface area contributed by atoms with Crippen molar-refractivity contribution in [3.05, 3.63) is 116 Å². The largest absolute Gasteiger partial charge is 0.482 e. The number of fused-ring (bicyclic) bond motifs is 8. The molecule has 2 aliphatic carbocycles. The number of thiophene rings is 2. The Bertz CT molecular complexity index is 2260. The molecule has 0 unspecified atom stereocenters. The summed E-state index contributed by atoms with van der Waals surface area (Å²) < 4.78 is 13.2. The lowest BCUT2D eigenvalue weighted by atomic mass is 9.81. The predicted octanol–water partition coefficient (Wildman–Crippen LogP) is 9.01. The Labute approximate surface area is 284 Å². The normalized spacial score (nSPS) is 19.3. The van der Waals surface area contributed by atoms with Crippen molar-refractivity contribution in [1.29, 1.82) is 0 Å². The molecule has 2 aliphatic heterocycles. The molecule has 234 valence electrons. The summed E-state index contributed by atoms with van der Waals surface area (Å²) in [7, 11) is 0. The molecule has 2 aromatic heterocycles. The zero-order valence-corrected chi connectivity index (χ0v) is 28.0. The molecule has 8 heteroatoms. The molecule has 48 heavy (non-hydrogen) atoms. The van der Waals surface area contributed by atoms with Crippen LogP contribution in [0.3, 0.4) is 0 Å². The van der Waals surface area contributed by atoms with E-state index in [1.807, 2.05) is 64.1 Å². The van der Waals surface area contributed by atoms with Gasteiger partial charge in [0.05, 0.1) is 9.75 Å². The summed E-state index contributed by atoms with van der Waals surface area (Å²) in [6.07, 6.45) is 3.59. The monoisotopic (exact) mass is 666 g/mol. The molecule has 5 aromatic rings. The van der Waals surface area contributed by atoms with Crippen molar-refractivity contribution in [2.45, 2.75) is 38.9 Å². The Kier molecular flexibility index (Phi) is 5.85. The van der Waals surface area contributed by atoms with E-state index in [-0.39, 0.29) is 0 Å². The third-order valence-electron chi connectivity index (χ3n) is 9.51. The average Bonchev–Trinajstić information content (AvgIpc) is 3.77. The van der Waals surface area contributed by atoms with Crippen LogP contribution in [0.2, 0.25) is 0 Å². The van der Waals surface area contributed by atoms with E-state index in [9.17, 15) is 19.2 Å². The SMILES string of the molecule is CC1(C)Oc2cc(/C=C3\C(=O)C(=O)c4ccccc43)sc2-c2cc3c(cc21)-c1sc(/C=C2\C(=O)C(=O)c4ccccc42)cc1OC3(C)C. The summed E-state index contributed by atoms with van der Waals surface area (Å²) in [5.41, 5.74) is 5.77. The zero-order valence-electron chi connectivity index (χ0n) is 26.3. The Morgan fingerprint density at radius 1 is 0.500 bits per heavy atom. The first-order valence-corrected chi connectivity index (χ1v) is 17.2. The second-order valence-corrected chi connectivity index (χ2v) is 15.5. The van der Waals surface area contributed by atoms with Gasteiger partial charge in [-0.25, -0.2) is 0 Å². The molecule has 0 saturated heterocycles. The van der Waals surface area contributed by atoms with E-state index in [1.54, 1.807) is 36.4 Å². The maximum Gasteiger partial charge on any atom is 0.234 e. The van der Waals surface area contributed by atoms with E-state index in [2.05, 4.69) is 12.1 Å². The molecule has 0 N–H and O–H groups in total. The van der Waals surface area contributed by atoms with Crippen molar-refractivity contribution in [2.75, 3.05) is 0 Å². The lowest BCUT2D eigenvalue weighted by Crippen LogP contribution is -2.32. The van der Waals surface area contributed by atoms with Crippen LogP contribution in [0.5, 0.6) is 11.5 Å². The molecule has 0 saturated carbocycles. The van der Waals surface area contributed by atoms with Gasteiger partial charge in [0.15, 0.2) is 0 Å². The summed E-state index contributed by atoms with van der Waals surface area (Å²) in [5, 5.41) is 0. The summed E-state index contributed by atoms with van der Waals surface area (Å²) >= 11 is 3.05. The lowest BCUT2D eigenvalue weighted by Gasteiger charge is -2.38. The fourth-order valence-electron chi connectivity index (χ4n) is 7.22. The van der Waals surface area contributed by atoms with Gasteiger partial charge < -0.3 is 9.47 Å². The molecule has 3 aromatic carbocycles. The fourth-order valence-corrected chi connectivity index (χ4v) is 9.34. The quantitative estimate of drug-likeness (QED) is 0.138. The van der Waals surface area contributed by atoms with Gasteiger partial charge in [0.25, 0.3) is 0 Å². The van der Waals surface area contributed by atoms with Crippen molar-refractivity contribution < 1.29 is 28.7 Å². The molecule has 0 fully saturated rings. The van der Waals surface area contributed by atoms with Crippen LogP contribution >= 0.6 is 22.7 Å². The minimum atomic E-state index is -0.667. The van der Waals surface area contributed by atoms with Gasteiger partial charge in [-0.15, -0.1) is 22.7 Å². The van der Waals surface area contributed by atoms with E-state index < -0.39 is 34.3 Å². The van der Waals surface area contributed by atoms with E-state index in [0.29, 0.717) is 33.4 Å². The summed E-state index contributed by atoms with van der Waals surface area (Å²) in [6.45, 7) is 8.18. The van der Waals surface area contributed by atoms with Crippen LogP contribution in [0.4, 0.5) is 0 Å². The number of benzene rings is 3. The molecule has 0 bridgehead atoms. The third kappa shape index (κ3) is 4.02. The molecule has 4 heterocycles. The van der Waals surface area contributed by atoms with Gasteiger partial charge in [-0.2, -0.15) is 0 Å². The number of hydrogen-bond acceptors (Lipinski definition) is 8. The fraction of sp³-hybridized carbons (Fsp3) is 0.150. The van der Waals surface area contributed by atoms with Gasteiger partial charge >= 0.3 is 0 Å². The van der Waals surface area contributed by atoms with Gasteiger partial charge in [-0.1, -0.05) is 48.5 Å². The second kappa shape index (κ2) is 9.69. The van der Waals surface area contributed by atoms with Gasteiger partial charge in [-0.05, 0) is 75.2 Å². The lowest BCUT2D eigenvalue weighted by molar-refractivity contribution is -0.110. The van der Waals surface area contributed by atoms with E-state index in [1.165, 1.54) is 22.7 Å². The van der Waals surface area contributed by atoms with Crippen molar-refractivity contribution in [2.24, 2.45) is 0 Å². The first kappa shape index (κ1) is 29.0. The van der Waals surface area contributed by atoms with E-state index in [4.69, 9.17) is 9.47 Å². The highest BCUT2D eigenvalue weighted by molar-refractivity contribution is 7.17. The molecule has 0 radical (unpaired) electrons. The van der Waals surface area contributed by atoms with Gasteiger partial charge in [0.2, 0.25) is 23.1 Å². The van der Waals surface area contributed by atoms with Crippen LogP contribution in [0, 0.1) is 0 Å². The molecule has 9 rings (SSSR count). The van der Waals surface area contributed by atoms with Crippen LogP contribution in [-0.4, -0.2) is 23.1 Å². The summed E-state index contributed by atoms with van der Waals surface area (Å²) in [6, 6.07) is 22.5. The number of Topliss-reactive ketones (excluding diaryl/α,β-unsaturated/α-hetero) is 4. The number of allylic oxidation sites excluding steroid dienone is 2. The van der Waals surface area contributed by atoms with Crippen LogP contribution in [-0.2, 0) is 20.8 Å². The summed E-state index contributed by atoms with van der Waals surface area (Å²) in [5.74, 6) is -0.485. The molecule has 4 aliphatic rings. The van der Waals surface area contributed by atoms with Crippen molar-refractivity contribution in [1.82, 2.24) is 0 Å². The standard InChI is InChI=1S/C40H26O6S2/c1-39(2)29-17-28-30(18-27(29)37-31(45-39)15-19(47-37)13-25-21-9-5-7-11-23(21)33(41)35(25)43)40(3,4)46-32-16-20(48-38(28)32)14-26-22-10-6-8-12-24(22)34(42)36(26)44/h5-18H,1-4H3/b25-13-,26-14-. The highest BCUT2D eigenvalue weighted by Crippen LogP contribution is 2.56. The molecule has 6 nitrogen and oxygen atoms in total. The Morgan fingerprint density at radius 2 is 0.875 bits per heavy atom. The topological polar surface area (TPSA) is 86.7 Å². The number of ketones is 4. The van der Waals surface area contributed by atoms with Gasteiger partial charge in [-0.3, -0.25) is 19.2 Å². The number of rotatable bonds is 2. The maximum absolute atomic E-state index is 12.9. The number of hydrogen-bond donors (Lipinski definition) is 0. The molecular formula is C40H26O6S2. The highest BCUT2D eigenvalue weighted by Gasteiger charge is 2.41. The third-order valence-corrected chi connectivity index (χ3v) is 11.7. The molecule has 0 atom stereocenters. The number of carbonyl (C=O) groups excluding carboxylic acids is 4.